The molecule has 0 aliphatic rings. The van der Waals surface area contributed by atoms with Crippen molar-refractivity contribution in [1.29, 1.82) is 0 Å². The Hall–Kier alpha value is -2.48. The van der Waals surface area contributed by atoms with E-state index >= 15 is 0 Å². The van der Waals surface area contributed by atoms with Gasteiger partial charge >= 0.3 is 6.18 Å². The van der Waals surface area contributed by atoms with Crippen LogP contribution >= 0.6 is 11.3 Å². The minimum absolute atomic E-state index is 0.0690. The topological polar surface area (TPSA) is 34.9 Å². The molecule has 1 aromatic carbocycles. The molecule has 2 heterocycles. The Labute approximate surface area is 137 Å². The molecule has 0 spiro atoms. The first-order valence-electron chi connectivity index (χ1n) is 6.81. The highest BCUT2D eigenvalue weighted by Gasteiger charge is 2.31. The van der Waals surface area contributed by atoms with Crippen molar-refractivity contribution in [3.05, 3.63) is 75.4 Å². The first-order chi connectivity index (χ1) is 11.3. The molecule has 0 fully saturated rings. The van der Waals surface area contributed by atoms with Gasteiger partial charge in [-0.3, -0.25) is 4.79 Å². The molecule has 0 aliphatic carbocycles. The smallest absolute Gasteiger partial charge is 0.309 e. The Bertz CT molecular complexity index is 913. The van der Waals surface area contributed by atoms with Crippen molar-refractivity contribution in [3.8, 4) is 10.6 Å². The van der Waals surface area contributed by atoms with Gasteiger partial charge in [0.15, 0.2) is 0 Å². The summed E-state index contributed by atoms with van der Waals surface area (Å²) in [6.07, 6.45) is -3.74. The van der Waals surface area contributed by atoms with Gasteiger partial charge in [-0.1, -0.05) is 0 Å². The SMILES string of the molecule is O=c1ccc(C(F)(F)F)cn1Cc1csc(-c2ccc(F)cc2)n1. The van der Waals surface area contributed by atoms with Gasteiger partial charge in [0.1, 0.15) is 10.8 Å². The highest BCUT2D eigenvalue weighted by Crippen LogP contribution is 2.28. The lowest BCUT2D eigenvalue weighted by Crippen LogP contribution is -2.22. The van der Waals surface area contributed by atoms with Crippen LogP contribution in [0.3, 0.4) is 0 Å². The van der Waals surface area contributed by atoms with Crippen LogP contribution in [0.25, 0.3) is 10.6 Å². The molecule has 0 bridgehead atoms. The maximum absolute atomic E-state index is 12.9. The van der Waals surface area contributed by atoms with E-state index in [1.807, 2.05) is 0 Å². The molecule has 3 rings (SSSR count). The largest absolute Gasteiger partial charge is 0.417 e. The van der Waals surface area contributed by atoms with Gasteiger partial charge in [0.05, 0.1) is 17.8 Å². The van der Waals surface area contributed by atoms with Crippen molar-refractivity contribution in [3.63, 3.8) is 0 Å². The number of aromatic nitrogens is 2. The molecular weight excluding hydrogens is 344 g/mol. The number of rotatable bonds is 3. The number of halogens is 4. The lowest BCUT2D eigenvalue weighted by molar-refractivity contribution is -0.138. The van der Waals surface area contributed by atoms with Crippen molar-refractivity contribution in [1.82, 2.24) is 9.55 Å². The fraction of sp³-hybridized carbons (Fsp3) is 0.125. The Kier molecular flexibility index (Phi) is 4.23. The van der Waals surface area contributed by atoms with Gasteiger partial charge in [-0.05, 0) is 30.3 Å². The molecule has 0 radical (unpaired) electrons. The Morgan fingerprint density at radius 1 is 1.08 bits per heavy atom. The predicted molar refractivity (Wildman–Crippen MR) is 82.3 cm³/mol. The number of hydrogen-bond acceptors (Lipinski definition) is 3. The van der Waals surface area contributed by atoms with Crippen molar-refractivity contribution < 1.29 is 17.6 Å². The summed E-state index contributed by atoms with van der Waals surface area (Å²) in [5.41, 5.74) is -0.278. The standard InChI is InChI=1S/C16H10F4N2OS/c17-12-4-1-10(2-5-12)15-21-13(9-24-15)8-22-7-11(16(18,19)20)3-6-14(22)23/h1-7,9H,8H2. The van der Waals surface area contributed by atoms with Crippen LogP contribution in [0.1, 0.15) is 11.3 Å². The van der Waals surface area contributed by atoms with Gasteiger partial charge in [-0.25, -0.2) is 9.37 Å². The van der Waals surface area contributed by atoms with Crippen LogP contribution in [0.4, 0.5) is 17.6 Å². The average Bonchev–Trinajstić information content (AvgIpc) is 2.97. The summed E-state index contributed by atoms with van der Waals surface area (Å²) in [6.45, 7) is -0.0690. The molecule has 0 saturated heterocycles. The van der Waals surface area contributed by atoms with Crippen LogP contribution in [0.5, 0.6) is 0 Å². The maximum atomic E-state index is 12.9. The van der Waals surface area contributed by atoms with Gasteiger partial charge in [0, 0.05) is 23.2 Å². The molecule has 0 aliphatic heterocycles. The van der Waals surface area contributed by atoms with Gasteiger partial charge in [0.2, 0.25) is 0 Å². The fourth-order valence-electron chi connectivity index (χ4n) is 2.10. The molecule has 8 heteroatoms. The maximum Gasteiger partial charge on any atom is 0.417 e. The predicted octanol–water partition coefficient (Wildman–Crippen LogP) is 4.18. The highest BCUT2D eigenvalue weighted by molar-refractivity contribution is 7.13. The normalized spacial score (nSPS) is 11.7. The monoisotopic (exact) mass is 354 g/mol. The first kappa shape index (κ1) is 16.4. The molecule has 0 N–H and O–H groups in total. The second-order valence-corrected chi connectivity index (χ2v) is 5.89. The summed E-state index contributed by atoms with van der Waals surface area (Å²) in [7, 11) is 0. The zero-order valence-corrected chi connectivity index (χ0v) is 12.9. The van der Waals surface area contributed by atoms with E-state index in [4.69, 9.17) is 0 Å². The lowest BCUT2D eigenvalue weighted by atomic mass is 10.2. The average molecular weight is 354 g/mol. The zero-order chi connectivity index (χ0) is 17.3. The third-order valence-electron chi connectivity index (χ3n) is 3.29. The minimum Gasteiger partial charge on any atom is -0.309 e. The number of pyridine rings is 1. The molecule has 24 heavy (non-hydrogen) atoms. The number of nitrogens with zero attached hydrogens (tertiary/aromatic N) is 2. The number of benzene rings is 1. The van der Waals surface area contributed by atoms with Crippen LogP contribution < -0.4 is 5.56 Å². The van der Waals surface area contributed by atoms with E-state index in [9.17, 15) is 22.4 Å². The fourth-order valence-corrected chi connectivity index (χ4v) is 2.92. The molecule has 3 aromatic rings. The second kappa shape index (κ2) is 6.20. The summed E-state index contributed by atoms with van der Waals surface area (Å²) in [6, 6.07) is 7.37. The Morgan fingerprint density at radius 3 is 2.46 bits per heavy atom. The van der Waals surface area contributed by atoms with Gasteiger partial charge in [0.25, 0.3) is 5.56 Å². The Morgan fingerprint density at radius 2 is 1.79 bits per heavy atom. The molecule has 124 valence electrons. The van der Waals surface area contributed by atoms with Crippen LogP contribution in [0, 0.1) is 5.82 Å². The molecule has 0 unspecified atom stereocenters. The number of thiazole rings is 1. The summed E-state index contributed by atoms with van der Waals surface area (Å²) >= 11 is 1.27. The number of hydrogen-bond donors (Lipinski definition) is 0. The quantitative estimate of drug-likeness (QED) is 0.662. The first-order valence-corrected chi connectivity index (χ1v) is 7.69. The van der Waals surface area contributed by atoms with E-state index in [2.05, 4.69) is 4.98 Å². The molecule has 0 saturated carbocycles. The van der Waals surface area contributed by atoms with E-state index in [0.717, 1.165) is 22.9 Å². The van der Waals surface area contributed by atoms with E-state index in [0.29, 0.717) is 16.3 Å². The van der Waals surface area contributed by atoms with Crippen molar-refractivity contribution in [2.75, 3.05) is 0 Å². The highest BCUT2D eigenvalue weighted by atomic mass is 32.1. The Balaban J connectivity index is 1.87. The molecule has 3 nitrogen and oxygen atoms in total. The van der Waals surface area contributed by atoms with Crippen LogP contribution in [0.2, 0.25) is 0 Å². The molecule has 2 aromatic heterocycles. The van der Waals surface area contributed by atoms with Gasteiger partial charge < -0.3 is 4.57 Å². The lowest BCUT2D eigenvalue weighted by Gasteiger charge is -2.09. The van der Waals surface area contributed by atoms with E-state index in [-0.39, 0.29) is 12.4 Å². The van der Waals surface area contributed by atoms with Crippen LogP contribution in [-0.2, 0) is 12.7 Å². The van der Waals surface area contributed by atoms with E-state index in [1.54, 1.807) is 17.5 Å². The summed E-state index contributed by atoms with van der Waals surface area (Å²) < 4.78 is 52.1. The van der Waals surface area contributed by atoms with Gasteiger partial charge in [-0.15, -0.1) is 11.3 Å². The summed E-state index contributed by atoms with van der Waals surface area (Å²) in [5.74, 6) is -0.369. The van der Waals surface area contributed by atoms with Crippen LogP contribution in [0.15, 0.2) is 52.8 Å². The minimum atomic E-state index is -4.52. The van der Waals surface area contributed by atoms with Gasteiger partial charge in [-0.2, -0.15) is 13.2 Å². The second-order valence-electron chi connectivity index (χ2n) is 5.03. The van der Waals surface area contributed by atoms with Crippen molar-refractivity contribution >= 4 is 11.3 Å². The summed E-state index contributed by atoms with van der Waals surface area (Å²) in [4.78, 5) is 16.0. The molecule has 0 atom stereocenters. The van der Waals surface area contributed by atoms with E-state index < -0.39 is 17.3 Å². The number of alkyl halides is 3. The summed E-state index contributed by atoms with van der Waals surface area (Å²) in [5, 5.41) is 2.26. The van der Waals surface area contributed by atoms with Crippen molar-refractivity contribution in [2.45, 2.75) is 12.7 Å². The van der Waals surface area contributed by atoms with E-state index in [1.165, 1.54) is 23.5 Å². The molecular formula is C16H10F4N2OS. The zero-order valence-electron chi connectivity index (χ0n) is 12.0. The molecule has 0 amide bonds. The van der Waals surface area contributed by atoms with Crippen LogP contribution in [-0.4, -0.2) is 9.55 Å². The van der Waals surface area contributed by atoms with Crippen molar-refractivity contribution in [2.24, 2.45) is 0 Å². The third kappa shape index (κ3) is 3.53. The third-order valence-corrected chi connectivity index (χ3v) is 4.23.